The van der Waals surface area contributed by atoms with Crippen molar-refractivity contribution in [2.75, 3.05) is 19.7 Å². The van der Waals surface area contributed by atoms with Gasteiger partial charge in [-0.05, 0) is 26.3 Å². The normalized spacial score (nSPS) is 11.8. The van der Waals surface area contributed by atoms with Crippen LogP contribution in [0.2, 0.25) is 0 Å². The minimum Gasteiger partial charge on any atom is -0.466 e. The first-order valence-electron chi connectivity index (χ1n) is 5.53. The standard InChI is InChI=1S/C12H21NO2/c1-4-6-7-8-9-13-10-11(3)12(14)15-5-2/h1,11,13H,5-10H2,2-3H3. The van der Waals surface area contributed by atoms with Gasteiger partial charge in [0, 0.05) is 13.0 Å². The first kappa shape index (κ1) is 14.0. The van der Waals surface area contributed by atoms with E-state index in [1.54, 1.807) is 0 Å². The van der Waals surface area contributed by atoms with Gasteiger partial charge in [-0.3, -0.25) is 4.79 Å². The maximum Gasteiger partial charge on any atom is 0.309 e. The molecule has 0 aromatic rings. The van der Waals surface area contributed by atoms with E-state index in [0.29, 0.717) is 13.2 Å². The second-order valence-corrected chi connectivity index (χ2v) is 3.52. The molecule has 0 saturated heterocycles. The van der Waals surface area contributed by atoms with E-state index < -0.39 is 0 Å². The minimum atomic E-state index is -0.131. The summed E-state index contributed by atoms with van der Waals surface area (Å²) in [5.74, 6) is 2.40. The van der Waals surface area contributed by atoms with E-state index in [1.165, 1.54) is 0 Å². The number of carbonyl (C=O) groups is 1. The molecular weight excluding hydrogens is 190 g/mol. The summed E-state index contributed by atoms with van der Waals surface area (Å²) in [7, 11) is 0. The molecule has 0 fully saturated rings. The van der Waals surface area contributed by atoms with Crippen molar-refractivity contribution in [2.45, 2.75) is 33.1 Å². The van der Waals surface area contributed by atoms with Crippen molar-refractivity contribution in [3.8, 4) is 12.3 Å². The average Bonchev–Trinajstić information content (AvgIpc) is 2.23. The van der Waals surface area contributed by atoms with Gasteiger partial charge < -0.3 is 10.1 Å². The number of esters is 1. The van der Waals surface area contributed by atoms with Crippen molar-refractivity contribution in [1.82, 2.24) is 5.32 Å². The molecule has 0 aliphatic carbocycles. The molecule has 1 unspecified atom stereocenters. The van der Waals surface area contributed by atoms with Crippen molar-refractivity contribution in [1.29, 1.82) is 0 Å². The van der Waals surface area contributed by atoms with Crippen molar-refractivity contribution >= 4 is 5.97 Å². The molecule has 0 aliphatic rings. The van der Waals surface area contributed by atoms with Crippen molar-refractivity contribution in [3.63, 3.8) is 0 Å². The van der Waals surface area contributed by atoms with Crippen LogP contribution >= 0.6 is 0 Å². The van der Waals surface area contributed by atoms with Crippen molar-refractivity contribution in [2.24, 2.45) is 5.92 Å². The lowest BCUT2D eigenvalue weighted by Crippen LogP contribution is -2.28. The Kier molecular flexibility index (Phi) is 8.90. The molecule has 0 spiro atoms. The summed E-state index contributed by atoms with van der Waals surface area (Å²) in [5.41, 5.74) is 0. The lowest BCUT2D eigenvalue weighted by molar-refractivity contribution is -0.147. The molecule has 3 heteroatoms. The Bertz CT molecular complexity index is 208. The third-order valence-electron chi connectivity index (χ3n) is 2.06. The van der Waals surface area contributed by atoms with Gasteiger partial charge in [0.05, 0.1) is 12.5 Å². The van der Waals surface area contributed by atoms with E-state index in [1.807, 2.05) is 13.8 Å². The van der Waals surface area contributed by atoms with E-state index in [0.717, 1.165) is 25.8 Å². The summed E-state index contributed by atoms with van der Waals surface area (Å²) in [6.07, 6.45) is 8.06. The van der Waals surface area contributed by atoms with Crippen LogP contribution in [0.1, 0.15) is 33.1 Å². The highest BCUT2D eigenvalue weighted by atomic mass is 16.5. The van der Waals surface area contributed by atoms with Gasteiger partial charge in [-0.2, -0.15) is 0 Å². The minimum absolute atomic E-state index is 0.0717. The number of ether oxygens (including phenoxy) is 1. The van der Waals surface area contributed by atoms with Crippen LogP contribution < -0.4 is 5.32 Å². The van der Waals surface area contributed by atoms with Gasteiger partial charge >= 0.3 is 5.97 Å². The lowest BCUT2D eigenvalue weighted by atomic mass is 10.2. The second kappa shape index (κ2) is 9.54. The highest BCUT2D eigenvalue weighted by molar-refractivity contribution is 5.72. The summed E-state index contributed by atoms with van der Waals surface area (Å²) in [5, 5.41) is 3.21. The average molecular weight is 211 g/mol. The molecule has 0 rings (SSSR count). The summed E-state index contributed by atoms with van der Waals surface area (Å²) >= 11 is 0. The van der Waals surface area contributed by atoms with Crippen LogP contribution in [0, 0.1) is 18.3 Å². The molecule has 86 valence electrons. The Labute approximate surface area is 92.6 Å². The molecule has 1 N–H and O–H groups in total. The Morgan fingerprint density at radius 3 is 2.87 bits per heavy atom. The molecule has 0 amide bonds. The maximum absolute atomic E-state index is 11.2. The zero-order valence-electron chi connectivity index (χ0n) is 9.71. The van der Waals surface area contributed by atoms with Crippen molar-refractivity contribution < 1.29 is 9.53 Å². The third-order valence-corrected chi connectivity index (χ3v) is 2.06. The largest absolute Gasteiger partial charge is 0.466 e. The SMILES string of the molecule is C#CCCCCNCC(C)C(=O)OCC. The van der Waals surface area contributed by atoms with Crippen LogP contribution in [0.5, 0.6) is 0 Å². The van der Waals surface area contributed by atoms with Crippen LogP contribution in [0.4, 0.5) is 0 Å². The quantitative estimate of drug-likeness (QED) is 0.376. The number of hydrogen-bond donors (Lipinski definition) is 1. The Hall–Kier alpha value is -1.01. The van der Waals surface area contributed by atoms with Crippen LogP contribution in [0.25, 0.3) is 0 Å². The number of unbranched alkanes of at least 4 members (excludes halogenated alkanes) is 2. The molecule has 0 aromatic heterocycles. The van der Waals surface area contributed by atoms with Gasteiger partial charge in [0.1, 0.15) is 0 Å². The van der Waals surface area contributed by atoms with Gasteiger partial charge in [0.2, 0.25) is 0 Å². The number of terminal acetylenes is 1. The molecule has 3 nitrogen and oxygen atoms in total. The van der Waals surface area contributed by atoms with E-state index >= 15 is 0 Å². The molecule has 0 saturated carbocycles. The molecule has 0 bridgehead atoms. The van der Waals surface area contributed by atoms with Crippen LogP contribution in [0.15, 0.2) is 0 Å². The number of rotatable bonds is 8. The first-order chi connectivity index (χ1) is 7.22. The fraction of sp³-hybridized carbons (Fsp3) is 0.750. The van der Waals surface area contributed by atoms with Crippen molar-refractivity contribution in [3.05, 3.63) is 0 Å². The monoisotopic (exact) mass is 211 g/mol. The predicted molar refractivity (Wildman–Crippen MR) is 61.4 cm³/mol. The number of hydrogen-bond acceptors (Lipinski definition) is 3. The second-order valence-electron chi connectivity index (χ2n) is 3.52. The number of carbonyl (C=O) groups excluding carboxylic acids is 1. The zero-order chi connectivity index (χ0) is 11.5. The van der Waals surface area contributed by atoms with Gasteiger partial charge in [-0.1, -0.05) is 6.92 Å². The van der Waals surface area contributed by atoms with Gasteiger partial charge in [-0.15, -0.1) is 12.3 Å². The van der Waals surface area contributed by atoms with Gasteiger partial charge in [0.25, 0.3) is 0 Å². The lowest BCUT2D eigenvalue weighted by Gasteiger charge is -2.11. The Morgan fingerprint density at radius 1 is 1.53 bits per heavy atom. The fourth-order valence-corrected chi connectivity index (χ4v) is 1.16. The molecule has 1 atom stereocenters. The molecule has 0 radical (unpaired) electrons. The topological polar surface area (TPSA) is 38.3 Å². The molecule has 0 heterocycles. The molecular formula is C12H21NO2. The summed E-state index contributed by atoms with van der Waals surface area (Å²) in [4.78, 5) is 11.2. The zero-order valence-corrected chi connectivity index (χ0v) is 9.71. The smallest absolute Gasteiger partial charge is 0.309 e. The van der Waals surface area contributed by atoms with E-state index in [2.05, 4.69) is 11.2 Å². The van der Waals surface area contributed by atoms with E-state index in [-0.39, 0.29) is 11.9 Å². The summed E-state index contributed by atoms with van der Waals surface area (Å²) in [6.45, 7) is 5.72. The highest BCUT2D eigenvalue weighted by Crippen LogP contribution is 1.97. The van der Waals surface area contributed by atoms with Gasteiger partial charge in [0.15, 0.2) is 0 Å². The Morgan fingerprint density at radius 2 is 2.27 bits per heavy atom. The summed E-state index contributed by atoms with van der Waals surface area (Å²) < 4.78 is 4.89. The number of nitrogens with one attached hydrogen (secondary N) is 1. The van der Waals surface area contributed by atoms with E-state index in [9.17, 15) is 4.79 Å². The van der Waals surface area contributed by atoms with Gasteiger partial charge in [-0.25, -0.2) is 0 Å². The molecule has 15 heavy (non-hydrogen) atoms. The molecule has 0 aliphatic heterocycles. The van der Waals surface area contributed by atoms with E-state index in [4.69, 9.17) is 11.2 Å². The fourth-order valence-electron chi connectivity index (χ4n) is 1.16. The highest BCUT2D eigenvalue weighted by Gasteiger charge is 2.12. The van der Waals surface area contributed by atoms with Crippen LogP contribution in [0.3, 0.4) is 0 Å². The predicted octanol–water partition coefficient (Wildman–Crippen LogP) is 1.58. The third kappa shape index (κ3) is 8.02. The molecule has 0 aromatic carbocycles. The summed E-state index contributed by atoms with van der Waals surface area (Å²) in [6, 6.07) is 0. The maximum atomic E-state index is 11.2. The first-order valence-corrected chi connectivity index (χ1v) is 5.53. The Balaban J connectivity index is 3.35. The van der Waals surface area contributed by atoms with Crippen LogP contribution in [-0.4, -0.2) is 25.7 Å². The van der Waals surface area contributed by atoms with Crippen LogP contribution in [-0.2, 0) is 9.53 Å².